The highest BCUT2D eigenvalue weighted by Crippen LogP contribution is 2.33. The first kappa shape index (κ1) is 16.3. The van der Waals surface area contributed by atoms with Crippen LogP contribution in [0.5, 0.6) is 0 Å². The van der Waals surface area contributed by atoms with Crippen molar-refractivity contribution >= 4 is 17.5 Å². The largest absolute Gasteiger partial charge is 0.356 e. The Labute approximate surface area is 148 Å². The highest BCUT2D eigenvalue weighted by Gasteiger charge is 2.40. The Morgan fingerprint density at radius 3 is 2.52 bits per heavy atom. The molecule has 25 heavy (non-hydrogen) atoms. The quantitative estimate of drug-likeness (QED) is 0.926. The van der Waals surface area contributed by atoms with E-state index in [0.717, 1.165) is 43.1 Å². The molecular weight excluding hydrogens is 316 g/mol. The summed E-state index contributed by atoms with van der Waals surface area (Å²) in [5.41, 5.74) is 3.16. The summed E-state index contributed by atoms with van der Waals surface area (Å²) in [5, 5.41) is 3.32. The van der Waals surface area contributed by atoms with E-state index in [1.54, 1.807) is 0 Å². The second-order valence-electron chi connectivity index (χ2n) is 6.78. The number of hydrogen-bond donors (Lipinski definition) is 1. The van der Waals surface area contributed by atoms with Crippen LogP contribution in [0.1, 0.15) is 24.1 Å². The summed E-state index contributed by atoms with van der Waals surface area (Å²) >= 11 is 0. The smallest absolute Gasteiger partial charge is 0.229 e. The fourth-order valence-electron chi connectivity index (χ4n) is 3.48. The lowest BCUT2D eigenvalue weighted by molar-refractivity contribution is -0.169. The van der Waals surface area contributed by atoms with Crippen LogP contribution >= 0.6 is 0 Å². The molecule has 2 saturated heterocycles. The lowest BCUT2D eigenvalue weighted by atomic mass is 10.0. The van der Waals surface area contributed by atoms with Crippen molar-refractivity contribution < 1.29 is 9.47 Å². The van der Waals surface area contributed by atoms with Gasteiger partial charge in [0.1, 0.15) is 5.82 Å². The summed E-state index contributed by atoms with van der Waals surface area (Å²) in [4.78, 5) is 11.5. The molecule has 3 heterocycles. The summed E-state index contributed by atoms with van der Waals surface area (Å²) in [7, 11) is 0. The normalized spacial score (nSPS) is 19.4. The van der Waals surface area contributed by atoms with E-state index in [2.05, 4.69) is 34.3 Å². The number of anilines is 3. The molecule has 0 aliphatic carbocycles. The van der Waals surface area contributed by atoms with Gasteiger partial charge in [-0.15, -0.1) is 0 Å². The summed E-state index contributed by atoms with van der Waals surface area (Å²) < 4.78 is 11.6. The fourth-order valence-corrected chi connectivity index (χ4v) is 3.48. The Kier molecular flexibility index (Phi) is 4.31. The number of piperidine rings is 1. The molecule has 0 atom stereocenters. The zero-order chi connectivity index (χ0) is 17.3. The number of ether oxygens (including phenoxy) is 2. The van der Waals surface area contributed by atoms with Gasteiger partial charge in [-0.3, -0.25) is 0 Å². The summed E-state index contributed by atoms with van der Waals surface area (Å²) in [6.45, 7) is 7.24. The van der Waals surface area contributed by atoms with Gasteiger partial charge in [-0.1, -0.05) is 12.1 Å². The molecule has 1 N–H and O–H groups in total. The van der Waals surface area contributed by atoms with Crippen LogP contribution in [0.25, 0.3) is 0 Å². The van der Waals surface area contributed by atoms with E-state index in [1.807, 2.05) is 25.1 Å². The molecular formula is C19H24N4O2. The second kappa shape index (κ2) is 6.61. The van der Waals surface area contributed by atoms with Crippen molar-refractivity contribution in [2.24, 2.45) is 0 Å². The van der Waals surface area contributed by atoms with Gasteiger partial charge in [0.25, 0.3) is 0 Å². The number of aryl methyl sites for hydroxylation is 2. The van der Waals surface area contributed by atoms with E-state index in [0.29, 0.717) is 19.2 Å². The lowest BCUT2D eigenvalue weighted by Crippen LogP contribution is -2.45. The van der Waals surface area contributed by atoms with Crippen molar-refractivity contribution in [3.05, 3.63) is 41.6 Å². The Balaban J connectivity index is 1.50. The number of nitrogens with zero attached hydrogens (tertiary/aromatic N) is 3. The van der Waals surface area contributed by atoms with Crippen LogP contribution in [-0.2, 0) is 9.47 Å². The third-order valence-electron chi connectivity index (χ3n) is 4.78. The van der Waals surface area contributed by atoms with E-state index in [9.17, 15) is 0 Å². The van der Waals surface area contributed by atoms with E-state index in [1.165, 1.54) is 5.56 Å². The van der Waals surface area contributed by atoms with Crippen LogP contribution in [0, 0.1) is 13.8 Å². The first-order valence-corrected chi connectivity index (χ1v) is 8.84. The van der Waals surface area contributed by atoms with Gasteiger partial charge in [0, 0.05) is 43.4 Å². The van der Waals surface area contributed by atoms with Crippen molar-refractivity contribution in [2.45, 2.75) is 32.5 Å². The first-order chi connectivity index (χ1) is 12.1. The van der Waals surface area contributed by atoms with E-state index < -0.39 is 0 Å². The molecule has 4 rings (SSSR count). The van der Waals surface area contributed by atoms with E-state index >= 15 is 0 Å². The Hall–Kier alpha value is -2.18. The van der Waals surface area contributed by atoms with E-state index in [-0.39, 0.29) is 5.79 Å². The molecule has 2 fully saturated rings. The predicted octanol–water partition coefficient (Wildman–Crippen LogP) is 3.18. The molecule has 1 aromatic heterocycles. The molecule has 0 saturated carbocycles. The van der Waals surface area contributed by atoms with Gasteiger partial charge in [-0.25, -0.2) is 4.98 Å². The van der Waals surface area contributed by atoms with Gasteiger partial charge < -0.3 is 19.7 Å². The van der Waals surface area contributed by atoms with Crippen LogP contribution in [0.3, 0.4) is 0 Å². The van der Waals surface area contributed by atoms with Gasteiger partial charge in [-0.05, 0) is 31.5 Å². The molecule has 0 amide bonds. The molecule has 0 radical (unpaired) electrons. The van der Waals surface area contributed by atoms with Crippen molar-refractivity contribution in [1.29, 1.82) is 0 Å². The lowest BCUT2D eigenvalue weighted by Gasteiger charge is -2.38. The maximum Gasteiger partial charge on any atom is 0.229 e. The average molecular weight is 340 g/mol. The Morgan fingerprint density at radius 2 is 1.80 bits per heavy atom. The number of rotatable bonds is 3. The van der Waals surface area contributed by atoms with Gasteiger partial charge in [0.2, 0.25) is 5.95 Å². The van der Waals surface area contributed by atoms with Gasteiger partial charge >= 0.3 is 0 Å². The SMILES string of the molecule is Cc1cccc(Nc2nc(C)cc(N3CCC4(CC3)OCCO4)n2)c1. The topological polar surface area (TPSA) is 59.5 Å². The summed E-state index contributed by atoms with van der Waals surface area (Å²) in [5.74, 6) is 1.23. The van der Waals surface area contributed by atoms with Gasteiger partial charge in [0.05, 0.1) is 13.2 Å². The van der Waals surface area contributed by atoms with Crippen LogP contribution in [-0.4, -0.2) is 42.1 Å². The highest BCUT2D eigenvalue weighted by atomic mass is 16.7. The van der Waals surface area contributed by atoms with Crippen LogP contribution in [0.4, 0.5) is 17.5 Å². The molecule has 0 bridgehead atoms. The minimum Gasteiger partial charge on any atom is -0.356 e. The van der Waals surface area contributed by atoms with Crippen LogP contribution in [0.15, 0.2) is 30.3 Å². The number of aromatic nitrogens is 2. The van der Waals surface area contributed by atoms with Crippen molar-refractivity contribution in [2.75, 3.05) is 36.5 Å². The van der Waals surface area contributed by atoms with Crippen molar-refractivity contribution in [1.82, 2.24) is 9.97 Å². The predicted molar refractivity (Wildman–Crippen MR) is 97.3 cm³/mol. The minimum atomic E-state index is -0.360. The molecule has 132 valence electrons. The third kappa shape index (κ3) is 3.60. The molecule has 1 aromatic carbocycles. The minimum absolute atomic E-state index is 0.360. The maximum atomic E-state index is 5.81. The fraction of sp³-hybridized carbons (Fsp3) is 0.474. The van der Waals surface area contributed by atoms with Crippen LogP contribution < -0.4 is 10.2 Å². The molecule has 2 aromatic rings. The van der Waals surface area contributed by atoms with Gasteiger partial charge in [-0.2, -0.15) is 4.98 Å². The molecule has 6 nitrogen and oxygen atoms in total. The second-order valence-corrected chi connectivity index (χ2v) is 6.78. The maximum absolute atomic E-state index is 5.81. The zero-order valence-corrected chi connectivity index (χ0v) is 14.8. The van der Waals surface area contributed by atoms with Crippen molar-refractivity contribution in [3.63, 3.8) is 0 Å². The molecule has 6 heteroatoms. The zero-order valence-electron chi connectivity index (χ0n) is 14.8. The van der Waals surface area contributed by atoms with Crippen molar-refractivity contribution in [3.8, 4) is 0 Å². The summed E-state index contributed by atoms with van der Waals surface area (Å²) in [6.07, 6.45) is 1.74. The number of nitrogens with one attached hydrogen (secondary N) is 1. The third-order valence-corrected chi connectivity index (χ3v) is 4.78. The Morgan fingerprint density at radius 1 is 1.04 bits per heavy atom. The molecule has 1 spiro atoms. The first-order valence-electron chi connectivity index (χ1n) is 8.84. The number of hydrogen-bond acceptors (Lipinski definition) is 6. The Bertz CT molecular complexity index is 749. The monoisotopic (exact) mass is 340 g/mol. The highest BCUT2D eigenvalue weighted by molar-refractivity contribution is 5.56. The average Bonchev–Trinajstić information content (AvgIpc) is 3.03. The summed E-state index contributed by atoms with van der Waals surface area (Å²) in [6, 6.07) is 10.3. The van der Waals surface area contributed by atoms with Crippen LogP contribution in [0.2, 0.25) is 0 Å². The van der Waals surface area contributed by atoms with Gasteiger partial charge in [0.15, 0.2) is 5.79 Å². The van der Waals surface area contributed by atoms with E-state index in [4.69, 9.17) is 14.5 Å². The molecule has 2 aliphatic heterocycles. The molecule has 2 aliphatic rings. The standard InChI is InChI=1S/C19H24N4O2/c1-14-4-3-5-16(12-14)21-18-20-15(2)13-17(22-18)23-8-6-19(7-9-23)24-10-11-25-19/h3-5,12-13H,6-11H2,1-2H3,(H,20,21,22). The molecule has 0 unspecified atom stereocenters. The number of benzene rings is 1.